The van der Waals surface area contributed by atoms with E-state index >= 15 is 0 Å². The second-order valence-electron chi connectivity index (χ2n) is 26.0. The summed E-state index contributed by atoms with van der Waals surface area (Å²) in [5.41, 5.74) is 23.9. The van der Waals surface area contributed by atoms with Gasteiger partial charge in [0.15, 0.2) is 0 Å². The molecule has 0 bridgehead atoms. The molecule has 0 aliphatic heterocycles. The fourth-order valence-corrected chi connectivity index (χ4v) is 15.2. The largest absolute Gasteiger partial charge is 0.335 e. The van der Waals surface area contributed by atoms with Crippen LogP contribution in [-0.4, -0.2) is 17.9 Å². The van der Waals surface area contributed by atoms with Gasteiger partial charge in [0.1, 0.15) is 0 Å². The highest BCUT2D eigenvalue weighted by Gasteiger charge is 2.31. The molecule has 0 saturated heterocycles. The molecular weight excluding hydrogens is 1020 g/mol. The van der Waals surface area contributed by atoms with E-state index in [9.17, 15) is 0 Å². The van der Waals surface area contributed by atoms with E-state index in [0.717, 1.165) is 11.4 Å². The van der Waals surface area contributed by atoms with Gasteiger partial charge in [0.2, 0.25) is 0 Å². The minimum Gasteiger partial charge on any atom is -0.335 e. The molecule has 17 rings (SSSR count). The van der Waals surface area contributed by atoms with Gasteiger partial charge in [0.25, 0.3) is 0 Å². The SMILES string of the molecule is Cc1ccc(C)c(N(c2ccc3c4ccccc4n(C(C)(C)C)c3c2)c2ccc3c4cc5c(cc4n4c6ccccc6c2c34)c2ccc(N(c3ccc4c6ccccc6n(C(C)(C)C)c4c3)c3cc(C)ccc3C)c3c4ccccc4n5c23)c1. The summed E-state index contributed by atoms with van der Waals surface area (Å²) in [6, 6.07) is 78.7. The number of aryl methyl sites for hydroxylation is 4. The fourth-order valence-electron chi connectivity index (χ4n) is 15.2. The number of hydrogen-bond acceptors (Lipinski definition) is 2. The molecule has 6 heteroatoms. The Morgan fingerprint density at radius 1 is 0.274 bits per heavy atom. The van der Waals surface area contributed by atoms with Gasteiger partial charge in [-0.15, -0.1) is 0 Å². The second kappa shape index (κ2) is 16.9. The Kier molecular flexibility index (Phi) is 9.85. The quantitative estimate of drug-likeness (QED) is 0.166. The van der Waals surface area contributed by atoms with Crippen molar-refractivity contribution in [1.29, 1.82) is 0 Å². The van der Waals surface area contributed by atoms with E-state index in [1.165, 1.54) is 165 Å². The minimum absolute atomic E-state index is 0.148. The van der Waals surface area contributed by atoms with Crippen LogP contribution < -0.4 is 9.80 Å². The molecule has 0 spiro atoms. The van der Waals surface area contributed by atoms with Crippen LogP contribution in [0.5, 0.6) is 0 Å². The maximum Gasteiger partial charge on any atom is 0.0641 e. The van der Waals surface area contributed by atoms with E-state index in [1.807, 2.05) is 0 Å². The number of rotatable bonds is 6. The molecule has 0 amide bonds. The molecule has 11 aromatic carbocycles. The lowest BCUT2D eigenvalue weighted by atomic mass is 10.0. The average molecular weight is 1090 g/mol. The standard InChI is InChI=1S/C78H64N6/c1-45-27-29-47(3)67(39-45)79(49-31-33-53-51-19-11-17-25-63(51)83(71(53)41-49)77(5,6)7)65-37-35-55-59-43-70-60(44-69(59)81-61-23-15-13-21-57(61)73(65)75(55)81)56-36-38-66(74-58-22-14-16-24-62(58)82(70)76(56)74)80(68-40-46(2)28-30-48(68)4)50-32-34-54-52-20-12-18-26-64(52)84(72(54)42-50)78(8,9)10/h11-44H,1-10H3. The Hall–Kier alpha value is -9.78. The van der Waals surface area contributed by atoms with E-state index in [-0.39, 0.29) is 11.1 Å². The Balaban J connectivity index is 0.931. The molecule has 0 fully saturated rings. The third-order valence-electron chi connectivity index (χ3n) is 18.6. The Labute approximate surface area is 487 Å². The van der Waals surface area contributed by atoms with Crippen LogP contribution in [0.4, 0.5) is 34.1 Å². The molecule has 6 heterocycles. The first-order valence-electron chi connectivity index (χ1n) is 29.8. The van der Waals surface area contributed by atoms with E-state index in [2.05, 4.69) is 303 Å². The first kappa shape index (κ1) is 48.9. The van der Waals surface area contributed by atoms with Gasteiger partial charge in [-0.25, -0.2) is 0 Å². The van der Waals surface area contributed by atoms with Crippen LogP contribution in [0, 0.1) is 27.7 Å². The lowest BCUT2D eigenvalue weighted by molar-refractivity contribution is 0.423. The number of fused-ring (bicyclic) bond motifs is 18. The van der Waals surface area contributed by atoms with Gasteiger partial charge >= 0.3 is 0 Å². The Morgan fingerprint density at radius 3 is 1.04 bits per heavy atom. The van der Waals surface area contributed by atoms with E-state index in [1.54, 1.807) is 0 Å². The number of aromatic nitrogens is 4. The van der Waals surface area contributed by atoms with Crippen molar-refractivity contribution in [2.45, 2.75) is 80.3 Å². The smallest absolute Gasteiger partial charge is 0.0641 e. The molecular formula is C78H64N6. The highest BCUT2D eigenvalue weighted by molar-refractivity contribution is 6.32. The Bertz CT molecular complexity index is 5290. The molecule has 0 aliphatic rings. The van der Waals surface area contributed by atoms with E-state index in [4.69, 9.17) is 0 Å². The molecule has 0 atom stereocenters. The van der Waals surface area contributed by atoms with Crippen molar-refractivity contribution >= 4 is 154 Å². The zero-order valence-corrected chi connectivity index (χ0v) is 49.3. The van der Waals surface area contributed by atoms with Crippen LogP contribution in [-0.2, 0) is 11.1 Å². The predicted octanol–water partition coefficient (Wildman–Crippen LogP) is 21.9. The number of hydrogen-bond donors (Lipinski definition) is 0. The van der Waals surface area contributed by atoms with E-state index in [0.29, 0.717) is 0 Å². The number of para-hydroxylation sites is 4. The highest BCUT2D eigenvalue weighted by atomic mass is 15.2. The summed E-state index contributed by atoms with van der Waals surface area (Å²) < 4.78 is 10.2. The summed E-state index contributed by atoms with van der Waals surface area (Å²) in [5, 5.41) is 15.1. The van der Waals surface area contributed by atoms with Gasteiger partial charge in [0, 0.05) is 109 Å². The molecule has 0 saturated carbocycles. The summed E-state index contributed by atoms with van der Waals surface area (Å²) >= 11 is 0. The zero-order chi connectivity index (χ0) is 57.0. The van der Waals surface area contributed by atoms with Crippen molar-refractivity contribution in [3.63, 3.8) is 0 Å². The molecule has 0 N–H and O–H groups in total. The predicted molar refractivity (Wildman–Crippen MR) is 360 cm³/mol. The first-order chi connectivity index (χ1) is 40.6. The van der Waals surface area contributed by atoms with Crippen molar-refractivity contribution in [1.82, 2.24) is 17.9 Å². The molecule has 0 aliphatic carbocycles. The summed E-state index contributed by atoms with van der Waals surface area (Å²) in [6.07, 6.45) is 0. The highest BCUT2D eigenvalue weighted by Crippen LogP contribution is 2.53. The molecule has 406 valence electrons. The summed E-state index contributed by atoms with van der Waals surface area (Å²) in [4.78, 5) is 5.09. The second-order valence-corrected chi connectivity index (χ2v) is 26.0. The summed E-state index contributed by atoms with van der Waals surface area (Å²) in [6.45, 7) is 22.9. The van der Waals surface area contributed by atoms with Gasteiger partial charge in [-0.3, -0.25) is 0 Å². The van der Waals surface area contributed by atoms with Crippen molar-refractivity contribution in [2.75, 3.05) is 9.80 Å². The average Bonchev–Trinajstić information content (AvgIpc) is 1.54. The maximum atomic E-state index is 2.58. The van der Waals surface area contributed by atoms with Crippen LogP contribution in [0.15, 0.2) is 206 Å². The van der Waals surface area contributed by atoms with Crippen molar-refractivity contribution in [3.8, 4) is 0 Å². The lowest BCUT2D eigenvalue weighted by Gasteiger charge is -2.29. The molecule has 0 unspecified atom stereocenters. The van der Waals surface area contributed by atoms with Crippen LogP contribution >= 0.6 is 0 Å². The number of nitrogens with zero attached hydrogens (tertiary/aromatic N) is 6. The van der Waals surface area contributed by atoms with Crippen molar-refractivity contribution < 1.29 is 0 Å². The lowest BCUT2D eigenvalue weighted by Crippen LogP contribution is -2.21. The molecule has 6 nitrogen and oxygen atoms in total. The number of benzene rings is 11. The normalized spacial score (nSPS) is 12.9. The van der Waals surface area contributed by atoms with E-state index < -0.39 is 0 Å². The fraction of sp³-hybridized carbons (Fsp3) is 0.154. The van der Waals surface area contributed by atoms with Crippen molar-refractivity contribution in [2.24, 2.45) is 0 Å². The zero-order valence-electron chi connectivity index (χ0n) is 49.3. The topological polar surface area (TPSA) is 25.2 Å². The molecule has 0 radical (unpaired) electrons. The maximum absolute atomic E-state index is 2.58. The van der Waals surface area contributed by atoms with Gasteiger partial charge in [-0.05, 0) is 176 Å². The Morgan fingerprint density at radius 2 is 0.631 bits per heavy atom. The number of anilines is 6. The minimum atomic E-state index is -0.148. The van der Waals surface area contributed by atoms with Gasteiger partial charge in [-0.1, -0.05) is 121 Å². The summed E-state index contributed by atoms with van der Waals surface area (Å²) in [7, 11) is 0. The first-order valence-corrected chi connectivity index (χ1v) is 29.8. The molecule has 17 aromatic rings. The van der Waals surface area contributed by atoms with Crippen LogP contribution in [0.1, 0.15) is 63.8 Å². The van der Waals surface area contributed by atoms with Crippen LogP contribution in [0.3, 0.4) is 0 Å². The van der Waals surface area contributed by atoms with Gasteiger partial charge in [-0.2, -0.15) is 0 Å². The summed E-state index contributed by atoms with van der Waals surface area (Å²) in [5.74, 6) is 0. The third-order valence-corrected chi connectivity index (χ3v) is 18.6. The molecule has 6 aromatic heterocycles. The van der Waals surface area contributed by atoms with Crippen molar-refractivity contribution in [3.05, 3.63) is 229 Å². The molecule has 84 heavy (non-hydrogen) atoms. The monoisotopic (exact) mass is 1080 g/mol. The van der Waals surface area contributed by atoms with Gasteiger partial charge < -0.3 is 27.7 Å². The van der Waals surface area contributed by atoms with Gasteiger partial charge in [0.05, 0.1) is 55.5 Å². The van der Waals surface area contributed by atoms with Crippen LogP contribution in [0.25, 0.3) is 120 Å². The third kappa shape index (κ3) is 6.56. The van der Waals surface area contributed by atoms with Crippen LogP contribution in [0.2, 0.25) is 0 Å².